The van der Waals surface area contributed by atoms with Gasteiger partial charge in [0.05, 0.1) is 13.0 Å². The minimum Gasteiger partial charge on any atom is -0.497 e. The van der Waals surface area contributed by atoms with Gasteiger partial charge in [-0.2, -0.15) is 0 Å². The normalized spacial score (nSPS) is 15.1. The van der Waals surface area contributed by atoms with Crippen molar-refractivity contribution in [1.82, 2.24) is 10.2 Å². The molecule has 1 atom stereocenters. The molecule has 1 aromatic heterocycles. The number of benzene rings is 2. The fourth-order valence-electron chi connectivity index (χ4n) is 3.55. The van der Waals surface area contributed by atoms with E-state index in [9.17, 15) is 14.4 Å². The molecule has 0 bridgehead atoms. The zero-order chi connectivity index (χ0) is 25.7. The predicted octanol–water partition coefficient (Wildman–Crippen LogP) is 4.62. The molecule has 3 amide bonds. The van der Waals surface area contributed by atoms with Gasteiger partial charge in [-0.1, -0.05) is 40.8 Å². The number of aryl methyl sites for hydroxylation is 1. The second kappa shape index (κ2) is 11.7. The van der Waals surface area contributed by atoms with Gasteiger partial charge in [-0.15, -0.1) is 10.2 Å². The van der Waals surface area contributed by atoms with Gasteiger partial charge in [0.15, 0.2) is 4.34 Å². The van der Waals surface area contributed by atoms with Crippen molar-refractivity contribution >= 4 is 68.9 Å². The number of nitrogens with zero attached hydrogens (tertiary/aromatic N) is 3. The Balaban J connectivity index is 1.23. The second-order valence-electron chi connectivity index (χ2n) is 8.08. The van der Waals surface area contributed by atoms with E-state index in [0.29, 0.717) is 38.2 Å². The lowest BCUT2D eigenvalue weighted by Gasteiger charge is -2.16. The number of methoxy groups -OCH3 is 1. The largest absolute Gasteiger partial charge is 0.497 e. The molecule has 0 spiro atoms. The van der Waals surface area contributed by atoms with E-state index >= 15 is 0 Å². The van der Waals surface area contributed by atoms with Crippen molar-refractivity contribution in [3.05, 3.63) is 53.1 Å². The molecule has 0 radical (unpaired) electrons. The van der Waals surface area contributed by atoms with Gasteiger partial charge in [-0.05, 0) is 48.9 Å². The lowest BCUT2D eigenvalue weighted by Crippen LogP contribution is -2.28. The van der Waals surface area contributed by atoms with Gasteiger partial charge in [-0.3, -0.25) is 14.4 Å². The van der Waals surface area contributed by atoms with Crippen LogP contribution < -0.4 is 20.3 Å². The van der Waals surface area contributed by atoms with Crippen LogP contribution in [0.5, 0.6) is 5.75 Å². The molecule has 2 N–H and O–H groups in total. The Morgan fingerprint density at radius 1 is 1.19 bits per heavy atom. The SMILES string of the molecule is COc1ccc(N2CC(C(=O)Nc3nnc(SCCC(=O)Nc4ccc(C)c(Cl)c4)s3)CC2=O)cc1. The van der Waals surface area contributed by atoms with Crippen LogP contribution in [0, 0.1) is 12.8 Å². The van der Waals surface area contributed by atoms with E-state index in [-0.39, 0.29) is 30.6 Å². The monoisotopic (exact) mass is 545 g/mol. The number of hydrogen-bond acceptors (Lipinski definition) is 8. The molecule has 1 unspecified atom stereocenters. The van der Waals surface area contributed by atoms with Crippen LogP contribution in [0.4, 0.5) is 16.5 Å². The highest BCUT2D eigenvalue weighted by molar-refractivity contribution is 8.01. The lowest BCUT2D eigenvalue weighted by atomic mass is 10.1. The number of carbonyl (C=O) groups excluding carboxylic acids is 3. The highest BCUT2D eigenvalue weighted by Crippen LogP contribution is 2.30. The van der Waals surface area contributed by atoms with E-state index < -0.39 is 5.92 Å². The molecule has 188 valence electrons. The summed E-state index contributed by atoms with van der Waals surface area (Å²) in [5.74, 6) is 0.193. The molecule has 0 saturated carbocycles. The molecule has 9 nitrogen and oxygen atoms in total. The third-order valence-electron chi connectivity index (χ3n) is 5.53. The maximum absolute atomic E-state index is 12.7. The first-order chi connectivity index (χ1) is 17.3. The quantitative estimate of drug-likeness (QED) is 0.298. The Hall–Kier alpha value is -3.15. The summed E-state index contributed by atoms with van der Waals surface area (Å²) in [6.45, 7) is 2.19. The van der Waals surface area contributed by atoms with Crippen molar-refractivity contribution in [2.75, 3.05) is 34.9 Å². The summed E-state index contributed by atoms with van der Waals surface area (Å²) < 4.78 is 5.79. The Labute approximate surface area is 221 Å². The number of amides is 3. The number of rotatable bonds is 9. The zero-order valence-corrected chi connectivity index (χ0v) is 22.0. The average Bonchev–Trinajstić information content (AvgIpc) is 3.47. The van der Waals surface area contributed by atoms with Crippen LogP contribution in [0.15, 0.2) is 46.8 Å². The third kappa shape index (κ3) is 6.54. The van der Waals surface area contributed by atoms with Gasteiger partial charge in [0.1, 0.15) is 5.75 Å². The predicted molar refractivity (Wildman–Crippen MR) is 142 cm³/mol. The van der Waals surface area contributed by atoms with E-state index in [1.807, 2.05) is 13.0 Å². The smallest absolute Gasteiger partial charge is 0.231 e. The first-order valence-electron chi connectivity index (χ1n) is 11.1. The van der Waals surface area contributed by atoms with Crippen LogP contribution in [0.1, 0.15) is 18.4 Å². The molecule has 1 fully saturated rings. The minimum atomic E-state index is -0.487. The van der Waals surface area contributed by atoms with Crippen LogP contribution >= 0.6 is 34.7 Å². The molecule has 36 heavy (non-hydrogen) atoms. The fourth-order valence-corrected chi connectivity index (χ4v) is 5.49. The summed E-state index contributed by atoms with van der Waals surface area (Å²) >= 11 is 8.70. The van der Waals surface area contributed by atoms with E-state index in [0.717, 1.165) is 11.3 Å². The van der Waals surface area contributed by atoms with E-state index in [1.165, 1.54) is 23.1 Å². The van der Waals surface area contributed by atoms with Gasteiger partial charge in [0, 0.05) is 41.5 Å². The van der Waals surface area contributed by atoms with Crippen LogP contribution in [0.25, 0.3) is 0 Å². The van der Waals surface area contributed by atoms with Gasteiger partial charge in [0.2, 0.25) is 22.9 Å². The number of ether oxygens (including phenoxy) is 1. The fraction of sp³-hybridized carbons (Fsp3) is 0.292. The maximum atomic E-state index is 12.7. The van der Waals surface area contributed by atoms with Crippen molar-refractivity contribution in [1.29, 1.82) is 0 Å². The topological polar surface area (TPSA) is 114 Å². The second-order valence-corrected chi connectivity index (χ2v) is 10.8. The number of aromatic nitrogens is 2. The lowest BCUT2D eigenvalue weighted by molar-refractivity contribution is -0.122. The van der Waals surface area contributed by atoms with Crippen molar-refractivity contribution in [3.63, 3.8) is 0 Å². The molecule has 1 aliphatic heterocycles. The first kappa shape index (κ1) is 25.9. The van der Waals surface area contributed by atoms with Crippen LogP contribution in [-0.2, 0) is 14.4 Å². The molecular formula is C24H24ClN5O4S2. The summed E-state index contributed by atoms with van der Waals surface area (Å²) in [6.07, 6.45) is 0.405. The minimum absolute atomic E-state index is 0.111. The Bertz CT molecular complexity index is 1270. The highest BCUT2D eigenvalue weighted by atomic mass is 35.5. The Morgan fingerprint density at radius 3 is 2.69 bits per heavy atom. The first-order valence-corrected chi connectivity index (χ1v) is 13.3. The van der Waals surface area contributed by atoms with Gasteiger partial charge < -0.3 is 20.3 Å². The van der Waals surface area contributed by atoms with E-state index in [4.69, 9.17) is 16.3 Å². The van der Waals surface area contributed by atoms with E-state index in [1.54, 1.807) is 48.4 Å². The van der Waals surface area contributed by atoms with Crippen LogP contribution in [0.3, 0.4) is 0 Å². The standard InChI is InChI=1S/C24H24ClN5O4S2/c1-14-3-4-16(12-19(14)25)26-20(31)9-10-35-24-29-28-23(36-24)27-22(33)15-11-21(32)30(13-15)17-5-7-18(34-2)8-6-17/h3-8,12,15H,9-11,13H2,1-2H3,(H,26,31)(H,27,28,33). The summed E-state index contributed by atoms with van der Waals surface area (Å²) in [5.41, 5.74) is 2.32. The molecule has 0 aliphatic carbocycles. The van der Waals surface area contributed by atoms with E-state index in [2.05, 4.69) is 20.8 Å². The van der Waals surface area contributed by atoms with Gasteiger partial charge >= 0.3 is 0 Å². The number of nitrogens with one attached hydrogen (secondary N) is 2. The molecule has 3 aromatic rings. The summed E-state index contributed by atoms with van der Waals surface area (Å²) in [4.78, 5) is 39.0. The van der Waals surface area contributed by atoms with Crippen LogP contribution in [0.2, 0.25) is 5.02 Å². The number of halogens is 1. The number of anilines is 3. The Morgan fingerprint density at radius 2 is 1.97 bits per heavy atom. The van der Waals surface area contributed by atoms with Crippen molar-refractivity contribution < 1.29 is 19.1 Å². The van der Waals surface area contributed by atoms with Crippen molar-refractivity contribution in [2.24, 2.45) is 5.92 Å². The average molecular weight is 546 g/mol. The molecule has 12 heteroatoms. The van der Waals surface area contributed by atoms with Crippen molar-refractivity contribution in [2.45, 2.75) is 24.1 Å². The summed E-state index contributed by atoms with van der Waals surface area (Å²) in [7, 11) is 1.58. The summed E-state index contributed by atoms with van der Waals surface area (Å²) in [5, 5.41) is 14.6. The number of carbonyl (C=O) groups is 3. The van der Waals surface area contributed by atoms with Crippen molar-refractivity contribution in [3.8, 4) is 5.75 Å². The molecule has 2 aromatic carbocycles. The van der Waals surface area contributed by atoms with Gasteiger partial charge in [-0.25, -0.2) is 0 Å². The third-order valence-corrected chi connectivity index (χ3v) is 7.91. The molecule has 2 heterocycles. The number of hydrogen-bond donors (Lipinski definition) is 2. The molecular weight excluding hydrogens is 522 g/mol. The maximum Gasteiger partial charge on any atom is 0.231 e. The summed E-state index contributed by atoms with van der Waals surface area (Å²) in [6, 6.07) is 12.5. The number of thioether (sulfide) groups is 1. The van der Waals surface area contributed by atoms with Gasteiger partial charge in [0.25, 0.3) is 0 Å². The molecule has 1 aliphatic rings. The molecule has 4 rings (SSSR count). The Kier molecular flexibility index (Phi) is 8.44. The highest BCUT2D eigenvalue weighted by Gasteiger charge is 2.35. The zero-order valence-electron chi connectivity index (χ0n) is 19.6. The van der Waals surface area contributed by atoms with Crippen LogP contribution in [-0.4, -0.2) is 47.3 Å². The molecule has 1 saturated heterocycles.